The van der Waals surface area contributed by atoms with Crippen LogP contribution in [0.4, 0.5) is 0 Å². The Morgan fingerprint density at radius 3 is 2.09 bits per heavy atom. The highest BCUT2D eigenvalue weighted by Crippen LogP contribution is 2.36. The molecule has 32 heavy (non-hydrogen) atoms. The Balaban J connectivity index is 1.80. The van der Waals surface area contributed by atoms with Crippen LogP contribution in [0.1, 0.15) is 29.9 Å². The van der Waals surface area contributed by atoms with Crippen LogP contribution in [0.25, 0.3) is 22.4 Å². The van der Waals surface area contributed by atoms with Gasteiger partial charge in [0.2, 0.25) is 0 Å². The van der Waals surface area contributed by atoms with E-state index in [0.29, 0.717) is 15.7 Å². The molecule has 3 aromatic carbocycles. The molecule has 0 aliphatic rings. The van der Waals surface area contributed by atoms with Crippen LogP contribution in [-0.2, 0) is 6.42 Å². The number of hydrogen-bond acceptors (Lipinski definition) is 3. The average Bonchev–Trinajstić information content (AvgIpc) is 3.20. The van der Waals surface area contributed by atoms with E-state index in [2.05, 4.69) is 70.0 Å². The van der Waals surface area contributed by atoms with Gasteiger partial charge in [-0.1, -0.05) is 90.8 Å². The maximum atomic E-state index is 6.52. The van der Waals surface area contributed by atoms with Crippen molar-refractivity contribution < 1.29 is 0 Å². The van der Waals surface area contributed by atoms with Crippen LogP contribution < -0.4 is 0 Å². The maximum absolute atomic E-state index is 6.52. The van der Waals surface area contributed by atoms with E-state index in [1.165, 1.54) is 0 Å². The summed E-state index contributed by atoms with van der Waals surface area (Å²) in [5.74, 6) is 0.935. The lowest BCUT2D eigenvalue weighted by Gasteiger charge is -2.22. The van der Waals surface area contributed by atoms with Crippen molar-refractivity contribution in [3.8, 4) is 11.3 Å². The second-order valence-corrected chi connectivity index (χ2v) is 8.34. The van der Waals surface area contributed by atoms with Gasteiger partial charge < -0.3 is 4.57 Å². The first-order valence-corrected chi connectivity index (χ1v) is 11.2. The summed E-state index contributed by atoms with van der Waals surface area (Å²) in [5, 5.41) is 1.12. The molecule has 0 fully saturated rings. The summed E-state index contributed by atoms with van der Waals surface area (Å²) in [4.78, 5) is 14.2. The number of nitrogens with zero attached hydrogens (tertiary/aromatic N) is 4. The third-order valence-corrected chi connectivity index (χ3v) is 6.09. The topological polar surface area (TPSA) is 43.6 Å². The minimum Gasteiger partial charge on any atom is -0.301 e. The van der Waals surface area contributed by atoms with Gasteiger partial charge in [-0.3, -0.25) is 0 Å². The first kappa shape index (κ1) is 20.7. The van der Waals surface area contributed by atoms with Crippen molar-refractivity contribution in [2.24, 2.45) is 0 Å². The number of fused-ring (bicyclic) bond motifs is 1. The Bertz CT molecular complexity index is 1340. The van der Waals surface area contributed by atoms with E-state index in [1.54, 1.807) is 12.4 Å². The lowest BCUT2D eigenvalue weighted by Crippen LogP contribution is -2.15. The second kappa shape index (κ2) is 8.73. The summed E-state index contributed by atoms with van der Waals surface area (Å²) in [5.41, 5.74) is 5.31. The fraction of sp³-hybridized carbons (Fsp3) is 0.115. The third-order valence-electron chi connectivity index (χ3n) is 5.54. The first-order valence-electron chi connectivity index (χ1n) is 10.4. The molecule has 0 aliphatic carbocycles. The molecule has 5 rings (SSSR count). The average molecular weight is 459 g/mol. The molecular weight excluding hydrogens is 439 g/mol. The van der Waals surface area contributed by atoms with Crippen molar-refractivity contribution in [2.45, 2.75) is 19.4 Å². The zero-order chi connectivity index (χ0) is 22.1. The normalized spacial score (nSPS) is 11.4. The van der Waals surface area contributed by atoms with Gasteiger partial charge in [0, 0.05) is 17.0 Å². The minimum absolute atomic E-state index is 0.0687. The molecule has 0 atom stereocenters. The Hall–Kier alpha value is -3.21. The highest BCUT2D eigenvalue weighted by molar-refractivity contribution is 6.36. The Kier molecular flexibility index (Phi) is 5.64. The first-order chi connectivity index (χ1) is 15.7. The highest BCUT2D eigenvalue weighted by atomic mass is 35.5. The van der Waals surface area contributed by atoms with E-state index in [0.717, 1.165) is 40.1 Å². The number of hydrogen-bond donors (Lipinski definition) is 0. The fourth-order valence-corrected chi connectivity index (χ4v) is 4.61. The Morgan fingerprint density at radius 2 is 1.50 bits per heavy atom. The summed E-state index contributed by atoms with van der Waals surface area (Å²) in [6.45, 7) is 2.10. The SMILES string of the molecule is CCc1nc2c(-c3ccc(Cl)cc3Cl)ncnc2n1C(c1ccccc1)c1ccccc1. The van der Waals surface area contributed by atoms with Crippen LogP contribution in [0.3, 0.4) is 0 Å². The predicted molar refractivity (Wildman–Crippen MR) is 130 cm³/mol. The van der Waals surface area contributed by atoms with Gasteiger partial charge in [-0.25, -0.2) is 15.0 Å². The molecule has 0 radical (unpaired) electrons. The third kappa shape index (κ3) is 3.66. The van der Waals surface area contributed by atoms with E-state index in [1.807, 2.05) is 24.3 Å². The number of imidazole rings is 1. The molecule has 0 unspecified atom stereocenters. The van der Waals surface area contributed by atoms with Crippen molar-refractivity contribution in [1.29, 1.82) is 0 Å². The van der Waals surface area contributed by atoms with Gasteiger partial charge in [-0.2, -0.15) is 0 Å². The Labute approximate surface area is 196 Å². The second-order valence-electron chi connectivity index (χ2n) is 7.49. The molecule has 5 aromatic rings. The summed E-state index contributed by atoms with van der Waals surface area (Å²) in [6, 6.07) is 26.2. The standard InChI is InChI=1S/C26H20Cl2N4/c1-2-22-31-24-23(20-14-13-19(27)15-21(20)28)29-16-30-26(24)32(22)25(17-9-5-3-6-10-17)18-11-7-4-8-12-18/h3-16,25H,2H2,1H3. The van der Waals surface area contributed by atoms with Crippen LogP contribution in [-0.4, -0.2) is 19.5 Å². The summed E-state index contributed by atoms with van der Waals surface area (Å²) in [7, 11) is 0. The molecule has 0 saturated carbocycles. The molecule has 0 saturated heterocycles. The number of halogens is 2. The predicted octanol–water partition coefficient (Wildman–Crippen LogP) is 7.00. The number of aromatic nitrogens is 4. The lowest BCUT2D eigenvalue weighted by atomic mass is 9.98. The van der Waals surface area contributed by atoms with E-state index >= 15 is 0 Å². The van der Waals surface area contributed by atoms with Gasteiger partial charge in [-0.05, 0) is 29.3 Å². The van der Waals surface area contributed by atoms with Gasteiger partial charge in [0.1, 0.15) is 23.4 Å². The fourth-order valence-electron chi connectivity index (χ4n) is 4.11. The van der Waals surface area contributed by atoms with Crippen molar-refractivity contribution >= 4 is 34.4 Å². The summed E-state index contributed by atoms with van der Waals surface area (Å²) >= 11 is 12.6. The molecule has 2 heterocycles. The van der Waals surface area contributed by atoms with Gasteiger partial charge in [0.15, 0.2) is 5.65 Å². The summed E-state index contributed by atoms with van der Waals surface area (Å²) < 4.78 is 2.22. The van der Waals surface area contributed by atoms with Crippen molar-refractivity contribution in [3.05, 3.63) is 112 Å². The molecule has 4 nitrogen and oxygen atoms in total. The molecule has 6 heteroatoms. The molecule has 0 amide bonds. The molecule has 2 aromatic heterocycles. The quantitative estimate of drug-likeness (QED) is 0.284. The van der Waals surface area contributed by atoms with E-state index < -0.39 is 0 Å². The van der Waals surface area contributed by atoms with Crippen LogP contribution in [0.5, 0.6) is 0 Å². The van der Waals surface area contributed by atoms with E-state index in [9.17, 15) is 0 Å². The van der Waals surface area contributed by atoms with Gasteiger partial charge in [0.05, 0.1) is 11.1 Å². The van der Waals surface area contributed by atoms with Crippen molar-refractivity contribution in [1.82, 2.24) is 19.5 Å². The van der Waals surface area contributed by atoms with Gasteiger partial charge >= 0.3 is 0 Å². The molecule has 0 N–H and O–H groups in total. The van der Waals surface area contributed by atoms with Crippen LogP contribution in [0.15, 0.2) is 85.2 Å². The van der Waals surface area contributed by atoms with Gasteiger partial charge in [0.25, 0.3) is 0 Å². The number of rotatable bonds is 5. The van der Waals surface area contributed by atoms with Crippen molar-refractivity contribution in [3.63, 3.8) is 0 Å². The van der Waals surface area contributed by atoms with Gasteiger partial charge in [-0.15, -0.1) is 0 Å². The zero-order valence-electron chi connectivity index (χ0n) is 17.4. The molecule has 158 valence electrons. The molecule has 0 spiro atoms. The number of aryl methyl sites for hydroxylation is 1. The molecular formula is C26H20Cl2N4. The van der Waals surface area contributed by atoms with Crippen LogP contribution in [0.2, 0.25) is 10.0 Å². The largest absolute Gasteiger partial charge is 0.301 e. The van der Waals surface area contributed by atoms with E-state index in [4.69, 9.17) is 28.2 Å². The zero-order valence-corrected chi connectivity index (χ0v) is 18.9. The van der Waals surface area contributed by atoms with Crippen LogP contribution in [0, 0.1) is 0 Å². The molecule has 0 bridgehead atoms. The van der Waals surface area contributed by atoms with Crippen LogP contribution >= 0.6 is 23.2 Å². The smallest absolute Gasteiger partial charge is 0.164 e. The van der Waals surface area contributed by atoms with Crippen molar-refractivity contribution in [2.75, 3.05) is 0 Å². The lowest BCUT2D eigenvalue weighted by molar-refractivity contribution is 0.651. The summed E-state index contributed by atoms with van der Waals surface area (Å²) in [6.07, 6.45) is 2.33. The highest BCUT2D eigenvalue weighted by Gasteiger charge is 2.25. The molecule has 0 aliphatic heterocycles. The Morgan fingerprint density at radius 1 is 0.844 bits per heavy atom. The maximum Gasteiger partial charge on any atom is 0.164 e. The minimum atomic E-state index is -0.0687. The monoisotopic (exact) mass is 458 g/mol. The van der Waals surface area contributed by atoms with E-state index in [-0.39, 0.29) is 6.04 Å². The number of benzene rings is 3.